The van der Waals surface area contributed by atoms with E-state index in [0.717, 1.165) is 18.5 Å². The molecule has 0 radical (unpaired) electrons. The second kappa shape index (κ2) is 6.64. The molecule has 1 N–H and O–H groups in total. The van der Waals surface area contributed by atoms with Crippen LogP contribution in [0, 0.1) is 0 Å². The first kappa shape index (κ1) is 13.2. The predicted octanol–water partition coefficient (Wildman–Crippen LogP) is 4.21. The Morgan fingerprint density at radius 3 is 2.89 bits per heavy atom. The highest BCUT2D eigenvalue weighted by Gasteiger charge is 2.07. The van der Waals surface area contributed by atoms with Crippen LogP contribution in [0.1, 0.15) is 43.2 Å². The molecule has 3 heteroatoms. The number of hydrogen-bond acceptors (Lipinski definition) is 1. The second-order valence-corrected chi connectivity index (χ2v) is 4.73. The van der Waals surface area contributed by atoms with Gasteiger partial charge in [-0.2, -0.15) is 0 Å². The Morgan fingerprint density at radius 2 is 2.17 bits per heavy atom. The first-order chi connectivity index (χ1) is 8.75. The summed E-state index contributed by atoms with van der Waals surface area (Å²) in [5, 5.41) is 3.31. The van der Waals surface area contributed by atoms with Crippen LogP contribution in [0.2, 0.25) is 0 Å². The topological polar surface area (TPSA) is 12.0 Å². The maximum atomic E-state index is 12.5. The van der Waals surface area contributed by atoms with Gasteiger partial charge in [0.05, 0.1) is 0 Å². The molecule has 0 aliphatic heterocycles. The van der Waals surface area contributed by atoms with Gasteiger partial charge in [-0.25, -0.2) is 8.78 Å². The molecule has 1 aromatic carbocycles. The number of hydrogen-bond donors (Lipinski definition) is 1. The van der Waals surface area contributed by atoms with Crippen molar-refractivity contribution >= 4 is 0 Å². The molecule has 0 saturated heterocycles. The molecule has 0 atom stereocenters. The van der Waals surface area contributed by atoms with E-state index in [1.807, 2.05) is 6.07 Å². The lowest BCUT2D eigenvalue weighted by Gasteiger charge is -2.07. The third-order valence-electron chi connectivity index (χ3n) is 3.29. The van der Waals surface area contributed by atoms with Gasteiger partial charge in [-0.3, -0.25) is 0 Å². The zero-order chi connectivity index (χ0) is 12.8. The fourth-order valence-corrected chi connectivity index (χ4v) is 2.28. The molecule has 0 unspecified atom stereocenters. The summed E-state index contributed by atoms with van der Waals surface area (Å²) in [4.78, 5) is 0. The number of allylic oxidation sites excluding steroid dienone is 1. The van der Waals surface area contributed by atoms with E-state index < -0.39 is 6.43 Å². The molecule has 1 aliphatic carbocycles. The fraction of sp³-hybridized carbons (Fsp3) is 0.467. The van der Waals surface area contributed by atoms with Gasteiger partial charge >= 0.3 is 0 Å². The molecule has 0 aromatic heterocycles. The molecule has 0 saturated carbocycles. The minimum atomic E-state index is -2.38. The van der Waals surface area contributed by atoms with Gasteiger partial charge in [-0.05, 0) is 43.9 Å². The van der Waals surface area contributed by atoms with Crippen molar-refractivity contribution in [2.75, 3.05) is 6.54 Å². The SMILES string of the molecule is FC(F)c1cccc(CNCCC2=CCCC2)c1. The summed E-state index contributed by atoms with van der Waals surface area (Å²) in [7, 11) is 0. The van der Waals surface area contributed by atoms with Crippen molar-refractivity contribution in [2.45, 2.75) is 38.7 Å². The number of benzene rings is 1. The number of rotatable bonds is 6. The summed E-state index contributed by atoms with van der Waals surface area (Å²) in [6, 6.07) is 6.62. The van der Waals surface area contributed by atoms with Crippen molar-refractivity contribution in [2.24, 2.45) is 0 Å². The molecule has 98 valence electrons. The maximum Gasteiger partial charge on any atom is 0.263 e. The van der Waals surface area contributed by atoms with Crippen LogP contribution in [-0.2, 0) is 6.54 Å². The van der Waals surface area contributed by atoms with Crippen LogP contribution < -0.4 is 5.32 Å². The van der Waals surface area contributed by atoms with Crippen molar-refractivity contribution in [3.63, 3.8) is 0 Å². The molecule has 18 heavy (non-hydrogen) atoms. The highest BCUT2D eigenvalue weighted by atomic mass is 19.3. The first-order valence-corrected chi connectivity index (χ1v) is 6.51. The van der Waals surface area contributed by atoms with E-state index in [2.05, 4.69) is 11.4 Å². The molecule has 0 bridgehead atoms. The Kier molecular flexibility index (Phi) is 4.88. The zero-order valence-electron chi connectivity index (χ0n) is 10.5. The molecule has 1 aromatic rings. The lowest BCUT2D eigenvalue weighted by atomic mass is 10.1. The largest absolute Gasteiger partial charge is 0.312 e. The van der Waals surface area contributed by atoms with Gasteiger partial charge in [-0.15, -0.1) is 0 Å². The minimum Gasteiger partial charge on any atom is -0.312 e. The molecule has 1 nitrogen and oxygen atoms in total. The average molecular weight is 251 g/mol. The normalized spacial score (nSPS) is 15.2. The third-order valence-corrected chi connectivity index (χ3v) is 3.29. The van der Waals surface area contributed by atoms with Crippen molar-refractivity contribution in [3.8, 4) is 0 Å². The predicted molar refractivity (Wildman–Crippen MR) is 69.7 cm³/mol. The molecular formula is C15H19F2N. The van der Waals surface area contributed by atoms with Crippen LogP contribution in [-0.4, -0.2) is 6.54 Å². The van der Waals surface area contributed by atoms with Crippen molar-refractivity contribution in [1.82, 2.24) is 5.32 Å². The Hall–Kier alpha value is -1.22. The van der Waals surface area contributed by atoms with Crippen LogP contribution in [0.5, 0.6) is 0 Å². The second-order valence-electron chi connectivity index (χ2n) is 4.73. The van der Waals surface area contributed by atoms with Crippen molar-refractivity contribution in [3.05, 3.63) is 47.0 Å². The Labute approximate surface area is 107 Å². The molecule has 0 spiro atoms. The van der Waals surface area contributed by atoms with Gasteiger partial charge in [0.1, 0.15) is 0 Å². The molecule has 0 amide bonds. The van der Waals surface area contributed by atoms with E-state index >= 15 is 0 Å². The van der Waals surface area contributed by atoms with Gasteiger partial charge in [0.15, 0.2) is 0 Å². The third kappa shape index (κ3) is 3.91. The summed E-state index contributed by atoms with van der Waals surface area (Å²) in [6.45, 7) is 1.58. The van der Waals surface area contributed by atoms with Crippen molar-refractivity contribution in [1.29, 1.82) is 0 Å². The lowest BCUT2D eigenvalue weighted by molar-refractivity contribution is 0.151. The van der Waals surface area contributed by atoms with E-state index in [0.29, 0.717) is 6.54 Å². The lowest BCUT2D eigenvalue weighted by Crippen LogP contribution is -2.15. The first-order valence-electron chi connectivity index (χ1n) is 6.51. The summed E-state index contributed by atoms with van der Waals surface area (Å²) < 4.78 is 25.0. The summed E-state index contributed by atoms with van der Waals surface area (Å²) in [5.74, 6) is 0. The van der Waals surface area contributed by atoms with Crippen LogP contribution in [0.25, 0.3) is 0 Å². The highest BCUT2D eigenvalue weighted by Crippen LogP contribution is 2.20. The maximum absolute atomic E-state index is 12.5. The van der Waals surface area contributed by atoms with Gasteiger partial charge in [0.2, 0.25) is 0 Å². The van der Waals surface area contributed by atoms with E-state index in [1.165, 1.54) is 30.9 Å². The highest BCUT2D eigenvalue weighted by molar-refractivity contribution is 5.24. The average Bonchev–Trinajstić information content (AvgIpc) is 2.88. The molecule has 0 fully saturated rings. The monoisotopic (exact) mass is 251 g/mol. The number of nitrogens with one attached hydrogen (secondary N) is 1. The van der Waals surface area contributed by atoms with E-state index in [4.69, 9.17) is 0 Å². The molecule has 2 rings (SSSR count). The fourth-order valence-electron chi connectivity index (χ4n) is 2.28. The van der Waals surface area contributed by atoms with Crippen LogP contribution >= 0.6 is 0 Å². The Balaban J connectivity index is 1.74. The summed E-state index contributed by atoms with van der Waals surface area (Å²) >= 11 is 0. The van der Waals surface area contributed by atoms with E-state index in [-0.39, 0.29) is 5.56 Å². The Morgan fingerprint density at radius 1 is 1.28 bits per heavy atom. The van der Waals surface area contributed by atoms with Gasteiger partial charge in [0, 0.05) is 12.1 Å². The van der Waals surface area contributed by atoms with Gasteiger partial charge in [0.25, 0.3) is 6.43 Å². The van der Waals surface area contributed by atoms with Crippen LogP contribution in [0.3, 0.4) is 0 Å². The van der Waals surface area contributed by atoms with Crippen LogP contribution in [0.4, 0.5) is 8.78 Å². The molecule has 1 aliphatic rings. The Bertz CT molecular complexity index is 413. The minimum absolute atomic E-state index is 0.104. The van der Waals surface area contributed by atoms with E-state index in [1.54, 1.807) is 12.1 Å². The number of alkyl halides is 2. The molecular weight excluding hydrogens is 232 g/mol. The number of halogens is 2. The zero-order valence-corrected chi connectivity index (χ0v) is 10.5. The summed E-state index contributed by atoms with van der Waals surface area (Å²) in [5.41, 5.74) is 2.56. The quantitative estimate of drug-likeness (QED) is 0.589. The van der Waals surface area contributed by atoms with Crippen molar-refractivity contribution < 1.29 is 8.78 Å². The van der Waals surface area contributed by atoms with E-state index in [9.17, 15) is 8.78 Å². The summed E-state index contributed by atoms with van der Waals surface area (Å²) in [6.07, 6.45) is 4.74. The van der Waals surface area contributed by atoms with Gasteiger partial charge < -0.3 is 5.32 Å². The smallest absolute Gasteiger partial charge is 0.263 e. The molecule has 0 heterocycles. The van der Waals surface area contributed by atoms with Gasteiger partial charge in [-0.1, -0.05) is 29.8 Å². The van der Waals surface area contributed by atoms with Crippen LogP contribution in [0.15, 0.2) is 35.9 Å². The standard InChI is InChI=1S/C15H19F2N/c16-15(17)14-7-3-6-13(10-14)11-18-9-8-12-4-1-2-5-12/h3-4,6-7,10,15,18H,1-2,5,8-9,11H2.